The molecular formula is C17H13BrF3N3O2. The quantitative estimate of drug-likeness (QED) is 0.610. The molecule has 0 spiro atoms. The minimum Gasteiger partial charge on any atom is -0.497 e. The Morgan fingerprint density at radius 2 is 1.88 bits per heavy atom. The van der Waals surface area contributed by atoms with Gasteiger partial charge in [-0.05, 0) is 40.2 Å². The smallest absolute Gasteiger partial charge is 0.416 e. The Kier molecular flexibility index (Phi) is 5.17. The first kappa shape index (κ1) is 18.2. The number of benzene rings is 2. The Bertz CT molecular complexity index is 895. The van der Waals surface area contributed by atoms with Crippen LogP contribution in [0.15, 0.2) is 51.5 Å². The van der Waals surface area contributed by atoms with Gasteiger partial charge < -0.3 is 14.6 Å². The van der Waals surface area contributed by atoms with Gasteiger partial charge in [-0.3, -0.25) is 0 Å². The highest BCUT2D eigenvalue weighted by molar-refractivity contribution is 9.10. The van der Waals surface area contributed by atoms with Crippen molar-refractivity contribution in [3.63, 3.8) is 0 Å². The molecule has 0 aliphatic heterocycles. The number of ether oxygens (including phenoxy) is 1. The largest absolute Gasteiger partial charge is 0.497 e. The number of nitrogens with one attached hydrogen (secondary N) is 1. The van der Waals surface area contributed by atoms with Crippen molar-refractivity contribution < 1.29 is 22.4 Å². The maximum Gasteiger partial charge on any atom is 0.416 e. The van der Waals surface area contributed by atoms with E-state index in [0.29, 0.717) is 17.2 Å². The Morgan fingerprint density at radius 1 is 1.15 bits per heavy atom. The molecule has 0 aliphatic carbocycles. The van der Waals surface area contributed by atoms with E-state index in [1.54, 1.807) is 13.2 Å². The maximum absolute atomic E-state index is 12.6. The standard InChI is InChI=1S/C17H13BrF3N3O2/c1-25-12-6-7-13(18)14(8-12)22-9-15-23-16(24-26-15)10-2-4-11(5-3-10)17(19,20)21/h2-8,22H,9H2,1H3. The number of hydrogen-bond donors (Lipinski definition) is 1. The number of rotatable bonds is 5. The molecule has 3 rings (SSSR count). The van der Waals surface area contributed by atoms with Gasteiger partial charge in [0.2, 0.25) is 11.7 Å². The second-order valence-corrected chi connectivity index (χ2v) is 6.14. The molecule has 1 aromatic heterocycles. The van der Waals surface area contributed by atoms with Crippen LogP contribution in [0.5, 0.6) is 5.75 Å². The zero-order valence-electron chi connectivity index (χ0n) is 13.5. The van der Waals surface area contributed by atoms with Gasteiger partial charge in [-0.25, -0.2) is 0 Å². The van der Waals surface area contributed by atoms with Crippen LogP contribution in [0.1, 0.15) is 11.5 Å². The number of hydrogen-bond acceptors (Lipinski definition) is 5. The molecule has 136 valence electrons. The van der Waals surface area contributed by atoms with Crippen molar-refractivity contribution in [2.24, 2.45) is 0 Å². The Labute approximate surface area is 155 Å². The van der Waals surface area contributed by atoms with E-state index in [1.807, 2.05) is 12.1 Å². The molecule has 3 aromatic rings. The number of alkyl halides is 3. The first-order valence-corrected chi connectivity index (χ1v) is 8.24. The lowest BCUT2D eigenvalue weighted by Crippen LogP contribution is -2.04. The fraction of sp³-hybridized carbons (Fsp3) is 0.176. The van der Waals surface area contributed by atoms with Crippen LogP contribution in [0, 0.1) is 0 Å². The number of aromatic nitrogens is 2. The molecule has 5 nitrogen and oxygen atoms in total. The van der Waals surface area contributed by atoms with E-state index in [0.717, 1.165) is 22.3 Å². The molecule has 2 aromatic carbocycles. The molecule has 0 fully saturated rings. The zero-order valence-corrected chi connectivity index (χ0v) is 15.1. The predicted molar refractivity (Wildman–Crippen MR) is 92.8 cm³/mol. The number of methoxy groups -OCH3 is 1. The third kappa shape index (κ3) is 4.16. The van der Waals surface area contributed by atoms with Crippen LogP contribution in [0.2, 0.25) is 0 Å². The lowest BCUT2D eigenvalue weighted by molar-refractivity contribution is -0.137. The van der Waals surface area contributed by atoms with Gasteiger partial charge in [0, 0.05) is 16.1 Å². The molecule has 0 bridgehead atoms. The van der Waals surface area contributed by atoms with Gasteiger partial charge in [0.25, 0.3) is 0 Å². The van der Waals surface area contributed by atoms with Crippen molar-refractivity contribution in [3.05, 3.63) is 58.4 Å². The first-order valence-electron chi connectivity index (χ1n) is 7.44. The molecule has 0 amide bonds. The van der Waals surface area contributed by atoms with Crippen LogP contribution in [0.3, 0.4) is 0 Å². The topological polar surface area (TPSA) is 60.2 Å². The van der Waals surface area contributed by atoms with Gasteiger partial charge in [-0.15, -0.1) is 0 Å². The molecule has 0 unspecified atom stereocenters. The van der Waals surface area contributed by atoms with Crippen molar-refractivity contribution >= 4 is 21.6 Å². The summed E-state index contributed by atoms with van der Waals surface area (Å²) in [4.78, 5) is 4.19. The molecule has 0 aliphatic rings. The predicted octanol–water partition coefficient (Wildman–Crippen LogP) is 5.14. The Hall–Kier alpha value is -2.55. The summed E-state index contributed by atoms with van der Waals surface area (Å²) < 4.78 is 49.0. The van der Waals surface area contributed by atoms with E-state index in [-0.39, 0.29) is 12.4 Å². The minimum absolute atomic E-state index is 0.222. The minimum atomic E-state index is -4.38. The van der Waals surface area contributed by atoms with Crippen LogP contribution >= 0.6 is 15.9 Å². The summed E-state index contributed by atoms with van der Waals surface area (Å²) in [7, 11) is 1.57. The van der Waals surface area contributed by atoms with Crippen LogP contribution in [0.4, 0.5) is 18.9 Å². The average Bonchev–Trinajstić information content (AvgIpc) is 3.09. The van der Waals surface area contributed by atoms with Gasteiger partial charge in [0.15, 0.2) is 0 Å². The normalized spacial score (nSPS) is 11.4. The van der Waals surface area contributed by atoms with E-state index in [2.05, 4.69) is 31.4 Å². The maximum atomic E-state index is 12.6. The molecule has 1 heterocycles. The second kappa shape index (κ2) is 7.36. The molecule has 1 N–H and O–H groups in total. The summed E-state index contributed by atoms with van der Waals surface area (Å²) in [6.45, 7) is 0.249. The fourth-order valence-corrected chi connectivity index (χ4v) is 2.58. The Morgan fingerprint density at radius 3 is 2.54 bits per heavy atom. The van der Waals surface area contributed by atoms with Crippen LogP contribution < -0.4 is 10.1 Å². The van der Waals surface area contributed by atoms with Crippen molar-refractivity contribution in [1.82, 2.24) is 10.1 Å². The molecule has 0 saturated heterocycles. The monoisotopic (exact) mass is 427 g/mol. The number of halogens is 4. The molecule has 0 atom stereocenters. The van der Waals surface area contributed by atoms with E-state index < -0.39 is 11.7 Å². The summed E-state index contributed by atoms with van der Waals surface area (Å²) in [5, 5.41) is 6.93. The van der Waals surface area contributed by atoms with Crippen molar-refractivity contribution in [1.29, 1.82) is 0 Å². The molecule has 0 saturated carbocycles. The number of nitrogens with zero attached hydrogens (tertiary/aromatic N) is 2. The summed E-state index contributed by atoms with van der Waals surface area (Å²) in [5.41, 5.74) is 0.490. The van der Waals surface area contributed by atoms with Gasteiger partial charge in [-0.1, -0.05) is 17.3 Å². The zero-order chi connectivity index (χ0) is 18.7. The summed E-state index contributed by atoms with van der Waals surface area (Å²) in [6.07, 6.45) is -4.38. The molecule has 0 radical (unpaired) electrons. The Balaban J connectivity index is 1.70. The first-order chi connectivity index (χ1) is 12.4. The van der Waals surface area contributed by atoms with Gasteiger partial charge in [0.1, 0.15) is 5.75 Å². The van der Waals surface area contributed by atoms with E-state index in [4.69, 9.17) is 9.26 Å². The van der Waals surface area contributed by atoms with E-state index in [1.165, 1.54) is 12.1 Å². The number of anilines is 1. The van der Waals surface area contributed by atoms with E-state index >= 15 is 0 Å². The van der Waals surface area contributed by atoms with Gasteiger partial charge in [-0.2, -0.15) is 18.2 Å². The molecular weight excluding hydrogens is 415 g/mol. The lowest BCUT2D eigenvalue weighted by Gasteiger charge is -2.08. The highest BCUT2D eigenvalue weighted by Gasteiger charge is 2.30. The summed E-state index contributed by atoms with van der Waals surface area (Å²) in [6, 6.07) is 10.0. The van der Waals surface area contributed by atoms with Gasteiger partial charge >= 0.3 is 6.18 Å². The highest BCUT2D eigenvalue weighted by atomic mass is 79.9. The van der Waals surface area contributed by atoms with Crippen LogP contribution in [-0.2, 0) is 12.7 Å². The van der Waals surface area contributed by atoms with Crippen molar-refractivity contribution in [2.45, 2.75) is 12.7 Å². The fourth-order valence-electron chi connectivity index (χ4n) is 2.19. The highest BCUT2D eigenvalue weighted by Crippen LogP contribution is 2.31. The van der Waals surface area contributed by atoms with E-state index in [9.17, 15) is 13.2 Å². The third-order valence-corrected chi connectivity index (χ3v) is 4.23. The summed E-state index contributed by atoms with van der Waals surface area (Å²) in [5.74, 6) is 1.21. The second-order valence-electron chi connectivity index (χ2n) is 5.29. The van der Waals surface area contributed by atoms with Crippen LogP contribution in [0.25, 0.3) is 11.4 Å². The van der Waals surface area contributed by atoms with Crippen LogP contribution in [-0.4, -0.2) is 17.3 Å². The van der Waals surface area contributed by atoms with Gasteiger partial charge in [0.05, 0.1) is 24.9 Å². The summed E-state index contributed by atoms with van der Waals surface area (Å²) >= 11 is 3.42. The van der Waals surface area contributed by atoms with Crippen molar-refractivity contribution in [3.8, 4) is 17.1 Å². The lowest BCUT2D eigenvalue weighted by atomic mass is 10.1. The molecule has 9 heteroatoms. The SMILES string of the molecule is COc1ccc(Br)c(NCc2nc(-c3ccc(C(F)(F)F)cc3)no2)c1. The third-order valence-electron chi connectivity index (χ3n) is 3.54. The average molecular weight is 428 g/mol. The molecule has 26 heavy (non-hydrogen) atoms. The van der Waals surface area contributed by atoms with Crippen molar-refractivity contribution in [2.75, 3.05) is 12.4 Å².